The summed E-state index contributed by atoms with van der Waals surface area (Å²) < 4.78 is 0. The Morgan fingerprint density at radius 1 is 0.944 bits per heavy atom. The highest BCUT2D eigenvalue weighted by Crippen LogP contribution is 2.14. The number of aliphatic imine (C=N–C) groups is 1. The number of fused-ring (bicyclic) bond motifs is 1. The van der Waals surface area contributed by atoms with Gasteiger partial charge in [-0.25, -0.2) is 0 Å². The second-order valence-electron chi connectivity index (χ2n) is 4.70. The molecule has 94 valence electrons. The number of unbranched alkanes of at least 4 members (excludes halogenated alkanes) is 3. The number of hydrogen-bond donors (Lipinski definition) is 0. The predicted octanol–water partition coefficient (Wildman–Crippen LogP) is 4.84. The van der Waals surface area contributed by atoms with Crippen molar-refractivity contribution in [1.29, 1.82) is 0 Å². The fraction of sp³-hybridized carbons (Fsp3) is 0.353. The van der Waals surface area contributed by atoms with Gasteiger partial charge in [0.15, 0.2) is 0 Å². The molecule has 0 saturated heterocycles. The molecule has 0 radical (unpaired) electrons. The molecule has 2 rings (SSSR count). The SMILES string of the molecule is CCCCCCN=Cc1ccc2ccccc2c1. The van der Waals surface area contributed by atoms with Gasteiger partial charge in [0.2, 0.25) is 0 Å². The lowest BCUT2D eigenvalue weighted by Crippen LogP contribution is -1.86. The lowest BCUT2D eigenvalue weighted by atomic mass is 10.1. The maximum absolute atomic E-state index is 4.50. The molecule has 0 saturated carbocycles. The third kappa shape index (κ3) is 3.69. The lowest BCUT2D eigenvalue weighted by Gasteiger charge is -1.99. The number of nitrogens with zero attached hydrogens (tertiary/aromatic N) is 1. The van der Waals surface area contributed by atoms with E-state index in [0.29, 0.717) is 0 Å². The van der Waals surface area contributed by atoms with E-state index in [1.165, 1.54) is 42.0 Å². The van der Waals surface area contributed by atoms with Gasteiger partial charge in [0.25, 0.3) is 0 Å². The number of hydrogen-bond acceptors (Lipinski definition) is 1. The van der Waals surface area contributed by atoms with Gasteiger partial charge in [-0.3, -0.25) is 4.99 Å². The first-order chi connectivity index (χ1) is 8.90. The average Bonchev–Trinajstić information content (AvgIpc) is 2.42. The highest BCUT2D eigenvalue weighted by atomic mass is 14.7. The molecule has 0 aliphatic carbocycles. The molecular weight excluding hydrogens is 218 g/mol. The second kappa shape index (κ2) is 6.95. The van der Waals surface area contributed by atoms with Crippen LogP contribution in [-0.4, -0.2) is 12.8 Å². The van der Waals surface area contributed by atoms with Crippen LogP contribution in [0.15, 0.2) is 47.5 Å². The Hall–Kier alpha value is -1.63. The molecule has 0 fully saturated rings. The zero-order valence-electron chi connectivity index (χ0n) is 11.1. The van der Waals surface area contributed by atoms with Crippen LogP contribution in [0.5, 0.6) is 0 Å². The second-order valence-corrected chi connectivity index (χ2v) is 4.70. The van der Waals surface area contributed by atoms with E-state index in [0.717, 1.165) is 6.54 Å². The standard InChI is InChI=1S/C17H21N/c1-2-3-4-7-12-18-14-15-10-11-16-8-5-6-9-17(16)13-15/h5-6,8-11,13-14H,2-4,7,12H2,1H3. The number of rotatable bonds is 6. The van der Waals surface area contributed by atoms with E-state index < -0.39 is 0 Å². The van der Waals surface area contributed by atoms with Gasteiger partial charge in [-0.15, -0.1) is 0 Å². The predicted molar refractivity (Wildman–Crippen MR) is 80.6 cm³/mol. The third-order valence-electron chi connectivity index (χ3n) is 3.15. The summed E-state index contributed by atoms with van der Waals surface area (Å²) in [4.78, 5) is 4.50. The van der Waals surface area contributed by atoms with Crippen LogP contribution in [0.25, 0.3) is 10.8 Å². The molecule has 0 aromatic heterocycles. The summed E-state index contributed by atoms with van der Waals surface area (Å²) in [6.45, 7) is 3.19. The molecule has 2 aromatic carbocycles. The van der Waals surface area contributed by atoms with E-state index >= 15 is 0 Å². The van der Waals surface area contributed by atoms with Gasteiger partial charge in [0.05, 0.1) is 0 Å². The Kier molecular flexibility index (Phi) is 4.95. The maximum Gasteiger partial charge on any atom is 0.0389 e. The van der Waals surface area contributed by atoms with Gasteiger partial charge < -0.3 is 0 Å². The summed E-state index contributed by atoms with van der Waals surface area (Å²) in [5, 5.41) is 2.57. The van der Waals surface area contributed by atoms with E-state index in [1.807, 2.05) is 6.21 Å². The summed E-state index contributed by atoms with van der Waals surface area (Å²) in [5.41, 5.74) is 1.20. The third-order valence-corrected chi connectivity index (χ3v) is 3.15. The largest absolute Gasteiger partial charge is 0.293 e. The van der Waals surface area contributed by atoms with Crippen molar-refractivity contribution >= 4 is 17.0 Å². The van der Waals surface area contributed by atoms with Crippen LogP contribution in [0.2, 0.25) is 0 Å². The van der Waals surface area contributed by atoms with Gasteiger partial charge in [-0.1, -0.05) is 62.6 Å². The van der Waals surface area contributed by atoms with Gasteiger partial charge in [0.1, 0.15) is 0 Å². The Morgan fingerprint density at radius 2 is 1.78 bits per heavy atom. The highest BCUT2D eigenvalue weighted by molar-refractivity contribution is 5.90. The van der Waals surface area contributed by atoms with Crippen molar-refractivity contribution in [1.82, 2.24) is 0 Å². The van der Waals surface area contributed by atoms with Gasteiger partial charge in [-0.05, 0) is 28.8 Å². The van der Waals surface area contributed by atoms with Crippen LogP contribution >= 0.6 is 0 Å². The average molecular weight is 239 g/mol. The fourth-order valence-corrected chi connectivity index (χ4v) is 2.09. The van der Waals surface area contributed by atoms with Crippen LogP contribution in [0, 0.1) is 0 Å². The molecule has 18 heavy (non-hydrogen) atoms. The van der Waals surface area contributed by atoms with E-state index in [1.54, 1.807) is 0 Å². The molecule has 0 spiro atoms. The Morgan fingerprint density at radius 3 is 2.61 bits per heavy atom. The van der Waals surface area contributed by atoms with Crippen LogP contribution in [-0.2, 0) is 0 Å². The first-order valence-electron chi connectivity index (χ1n) is 6.89. The Balaban J connectivity index is 1.93. The quantitative estimate of drug-likeness (QED) is 0.505. The molecule has 0 aliphatic rings. The molecule has 0 aliphatic heterocycles. The van der Waals surface area contributed by atoms with E-state index in [4.69, 9.17) is 0 Å². The van der Waals surface area contributed by atoms with Crippen LogP contribution in [0.4, 0.5) is 0 Å². The first kappa shape index (κ1) is 12.8. The minimum absolute atomic E-state index is 0.951. The van der Waals surface area contributed by atoms with Gasteiger partial charge in [-0.2, -0.15) is 0 Å². The summed E-state index contributed by atoms with van der Waals surface area (Å²) in [5.74, 6) is 0. The smallest absolute Gasteiger partial charge is 0.0389 e. The molecule has 1 nitrogen and oxygen atoms in total. The molecule has 0 heterocycles. The minimum atomic E-state index is 0.951. The molecule has 2 aromatic rings. The minimum Gasteiger partial charge on any atom is -0.293 e. The summed E-state index contributed by atoms with van der Waals surface area (Å²) >= 11 is 0. The molecule has 0 atom stereocenters. The van der Waals surface area contributed by atoms with Crippen LogP contribution in [0.1, 0.15) is 38.2 Å². The van der Waals surface area contributed by atoms with Crippen molar-refractivity contribution in [3.63, 3.8) is 0 Å². The zero-order chi connectivity index (χ0) is 12.6. The van der Waals surface area contributed by atoms with E-state index in [9.17, 15) is 0 Å². The summed E-state index contributed by atoms with van der Waals surface area (Å²) in [7, 11) is 0. The first-order valence-corrected chi connectivity index (χ1v) is 6.89. The molecule has 0 unspecified atom stereocenters. The number of benzene rings is 2. The van der Waals surface area contributed by atoms with Crippen molar-refractivity contribution in [3.05, 3.63) is 48.0 Å². The van der Waals surface area contributed by atoms with E-state index in [2.05, 4.69) is 54.4 Å². The van der Waals surface area contributed by atoms with Crippen molar-refractivity contribution in [3.8, 4) is 0 Å². The van der Waals surface area contributed by atoms with Crippen molar-refractivity contribution in [2.75, 3.05) is 6.54 Å². The van der Waals surface area contributed by atoms with Gasteiger partial charge in [0, 0.05) is 12.8 Å². The lowest BCUT2D eigenvalue weighted by molar-refractivity contribution is 0.676. The highest BCUT2D eigenvalue weighted by Gasteiger charge is 1.93. The molecular formula is C17H21N. The monoisotopic (exact) mass is 239 g/mol. The van der Waals surface area contributed by atoms with E-state index in [-0.39, 0.29) is 0 Å². The van der Waals surface area contributed by atoms with Crippen LogP contribution in [0.3, 0.4) is 0 Å². The molecule has 0 bridgehead atoms. The Bertz CT molecular complexity index is 514. The van der Waals surface area contributed by atoms with Crippen molar-refractivity contribution in [2.45, 2.75) is 32.6 Å². The zero-order valence-corrected chi connectivity index (χ0v) is 11.1. The molecule has 1 heteroatoms. The summed E-state index contributed by atoms with van der Waals surface area (Å²) in [6.07, 6.45) is 7.11. The van der Waals surface area contributed by atoms with Crippen molar-refractivity contribution in [2.24, 2.45) is 4.99 Å². The normalized spacial score (nSPS) is 11.4. The Labute approximate surface area is 110 Å². The molecule has 0 amide bonds. The fourth-order valence-electron chi connectivity index (χ4n) is 2.09. The van der Waals surface area contributed by atoms with Crippen LogP contribution < -0.4 is 0 Å². The summed E-state index contributed by atoms with van der Waals surface area (Å²) in [6, 6.07) is 14.9. The maximum atomic E-state index is 4.50. The van der Waals surface area contributed by atoms with Gasteiger partial charge >= 0.3 is 0 Å². The topological polar surface area (TPSA) is 12.4 Å². The molecule has 0 N–H and O–H groups in total. The van der Waals surface area contributed by atoms with Crippen molar-refractivity contribution < 1.29 is 0 Å².